The summed E-state index contributed by atoms with van der Waals surface area (Å²) in [7, 11) is 0. The van der Waals surface area contributed by atoms with Crippen LogP contribution in [-0.2, 0) is 0 Å². The van der Waals surface area contributed by atoms with Gasteiger partial charge in [0.1, 0.15) is 18.0 Å². The van der Waals surface area contributed by atoms with E-state index in [0.717, 1.165) is 22.2 Å². The Hall–Kier alpha value is -3.16. The fraction of sp³-hybridized carbons (Fsp3) is 0.250. The second kappa shape index (κ2) is 8.32. The van der Waals surface area contributed by atoms with Crippen molar-refractivity contribution in [3.05, 3.63) is 70.2 Å². The molecule has 3 unspecified atom stereocenters. The second-order valence-corrected chi connectivity index (χ2v) is 9.14. The fourth-order valence-corrected chi connectivity index (χ4v) is 4.63. The fourth-order valence-electron chi connectivity index (χ4n) is 4.22. The van der Waals surface area contributed by atoms with Crippen molar-refractivity contribution in [1.82, 2.24) is 24.8 Å². The Bertz CT molecular complexity index is 1400. The molecule has 1 aliphatic rings. The summed E-state index contributed by atoms with van der Waals surface area (Å²) < 4.78 is 0. The van der Waals surface area contributed by atoms with Gasteiger partial charge in [0.2, 0.25) is 0 Å². The molecular formula is C24H22Cl2N6O. The molecule has 4 aromatic rings. The van der Waals surface area contributed by atoms with E-state index >= 15 is 0 Å². The zero-order chi connectivity index (χ0) is 23.3. The van der Waals surface area contributed by atoms with E-state index in [4.69, 9.17) is 23.2 Å². The molecule has 3 atom stereocenters. The van der Waals surface area contributed by atoms with Gasteiger partial charge >= 0.3 is 0 Å². The molecule has 0 aliphatic carbocycles. The third kappa shape index (κ3) is 3.92. The number of carbonyl (C=O) groups excluding carboxylic acids is 1. The van der Waals surface area contributed by atoms with Crippen LogP contribution in [0.4, 0.5) is 5.82 Å². The van der Waals surface area contributed by atoms with Crippen molar-refractivity contribution in [2.75, 3.05) is 5.32 Å². The van der Waals surface area contributed by atoms with Gasteiger partial charge in [0, 0.05) is 22.5 Å². The number of aromatic nitrogens is 4. The Labute approximate surface area is 200 Å². The topological polar surface area (TPSA) is 86.8 Å². The van der Waals surface area contributed by atoms with Crippen molar-refractivity contribution in [2.24, 2.45) is 0 Å². The minimum Gasteiger partial charge on any atom is -0.360 e. The van der Waals surface area contributed by atoms with E-state index in [9.17, 15) is 4.79 Å². The molecule has 0 fully saturated rings. The van der Waals surface area contributed by atoms with Crippen molar-refractivity contribution >= 4 is 56.9 Å². The number of fused-ring (bicyclic) bond motifs is 2. The minimum atomic E-state index is -0.174. The van der Waals surface area contributed by atoms with Gasteiger partial charge in [-0.25, -0.2) is 15.0 Å². The molecule has 1 aliphatic heterocycles. The maximum absolute atomic E-state index is 13.2. The summed E-state index contributed by atoms with van der Waals surface area (Å²) in [5.41, 5.74) is 2.76. The number of anilines is 1. The van der Waals surface area contributed by atoms with Gasteiger partial charge in [0.25, 0.3) is 5.91 Å². The Morgan fingerprint density at radius 3 is 2.61 bits per heavy atom. The van der Waals surface area contributed by atoms with Crippen LogP contribution in [0.3, 0.4) is 0 Å². The Morgan fingerprint density at radius 1 is 1.09 bits per heavy atom. The molecule has 0 bridgehead atoms. The lowest BCUT2D eigenvalue weighted by Crippen LogP contribution is -2.39. The Balaban J connectivity index is 1.46. The van der Waals surface area contributed by atoms with E-state index in [1.807, 2.05) is 56.0 Å². The maximum Gasteiger partial charge on any atom is 0.256 e. The first kappa shape index (κ1) is 21.7. The van der Waals surface area contributed by atoms with Gasteiger partial charge in [0.05, 0.1) is 33.2 Å². The first-order valence-corrected chi connectivity index (χ1v) is 11.4. The average molecular weight is 481 g/mol. The lowest BCUT2D eigenvalue weighted by Gasteiger charge is -2.27. The van der Waals surface area contributed by atoms with Crippen LogP contribution in [0, 0.1) is 0 Å². The van der Waals surface area contributed by atoms with Crippen molar-refractivity contribution in [3.63, 3.8) is 0 Å². The van der Waals surface area contributed by atoms with E-state index in [2.05, 4.69) is 25.3 Å². The van der Waals surface area contributed by atoms with Gasteiger partial charge < -0.3 is 15.2 Å². The smallest absolute Gasteiger partial charge is 0.256 e. The second-order valence-electron chi connectivity index (χ2n) is 8.30. The number of benzene rings is 2. The van der Waals surface area contributed by atoms with Crippen LogP contribution in [0.2, 0.25) is 10.0 Å². The third-order valence-electron chi connectivity index (χ3n) is 5.96. The third-order valence-corrected chi connectivity index (χ3v) is 6.51. The molecule has 9 heteroatoms. The number of hydrogen-bond acceptors (Lipinski definition) is 5. The Morgan fingerprint density at radius 2 is 1.85 bits per heavy atom. The number of halogens is 2. The number of H-pyrrole nitrogens is 1. The summed E-state index contributed by atoms with van der Waals surface area (Å²) in [6, 6.07) is 8.88. The molecule has 7 nitrogen and oxygen atoms in total. The molecule has 0 saturated heterocycles. The Kier molecular flexibility index (Phi) is 5.46. The molecule has 5 rings (SSSR count). The van der Waals surface area contributed by atoms with Gasteiger partial charge in [0.15, 0.2) is 0 Å². The lowest BCUT2D eigenvalue weighted by molar-refractivity contribution is 0.0710. The summed E-state index contributed by atoms with van der Waals surface area (Å²) in [5, 5.41) is 5.11. The summed E-state index contributed by atoms with van der Waals surface area (Å²) in [5.74, 6) is 1.24. The number of rotatable bonds is 4. The molecule has 2 N–H and O–H groups in total. The molecule has 0 radical (unpaired) electrons. The van der Waals surface area contributed by atoms with Crippen molar-refractivity contribution < 1.29 is 4.79 Å². The van der Waals surface area contributed by atoms with Crippen molar-refractivity contribution in [2.45, 2.75) is 38.9 Å². The maximum atomic E-state index is 13.2. The van der Waals surface area contributed by atoms with Crippen LogP contribution >= 0.6 is 23.2 Å². The largest absolute Gasteiger partial charge is 0.360 e. The zero-order valence-electron chi connectivity index (χ0n) is 18.3. The van der Waals surface area contributed by atoms with Crippen LogP contribution < -0.4 is 5.32 Å². The number of nitrogens with one attached hydrogen (secondary N) is 2. The molecule has 0 saturated carbocycles. The molecule has 3 heterocycles. The summed E-state index contributed by atoms with van der Waals surface area (Å²) >= 11 is 12.7. The molecule has 2 aromatic carbocycles. The first-order valence-electron chi connectivity index (χ1n) is 10.7. The number of nitrogens with zero attached hydrogens (tertiary/aromatic N) is 4. The summed E-state index contributed by atoms with van der Waals surface area (Å²) in [4.78, 5) is 31.8. The van der Waals surface area contributed by atoms with Crippen LogP contribution in [-0.4, -0.2) is 42.8 Å². The quantitative estimate of drug-likeness (QED) is 0.361. The van der Waals surface area contributed by atoms with Gasteiger partial charge in [-0.3, -0.25) is 4.79 Å². The summed E-state index contributed by atoms with van der Waals surface area (Å²) in [6.45, 7) is 5.96. The monoisotopic (exact) mass is 480 g/mol. The van der Waals surface area contributed by atoms with E-state index in [1.165, 1.54) is 6.33 Å². The number of imidazole rings is 1. The molecule has 1 amide bonds. The first-order chi connectivity index (χ1) is 15.8. The van der Waals surface area contributed by atoms with E-state index in [1.54, 1.807) is 12.1 Å². The predicted octanol–water partition coefficient (Wildman–Crippen LogP) is 5.78. The summed E-state index contributed by atoms with van der Waals surface area (Å²) in [6.07, 6.45) is 5.52. The zero-order valence-corrected chi connectivity index (χ0v) is 19.8. The molecular weight excluding hydrogens is 459 g/mol. The van der Waals surface area contributed by atoms with E-state index < -0.39 is 0 Å². The number of hydrogen-bond donors (Lipinski definition) is 2. The van der Waals surface area contributed by atoms with Gasteiger partial charge in [-0.1, -0.05) is 35.4 Å². The van der Waals surface area contributed by atoms with E-state index in [-0.39, 0.29) is 24.0 Å². The van der Waals surface area contributed by atoms with Crippen molar-refractivity contribution in [1.29, 1.82) is 0 Å². The van der Waals surface area contributed by atoms with Crippen LogP contribution in [0.25, 0.3) is 21.9 Å². The van der Waals surface area contributed by atoms with Gasteiger partial charge in [-0.15, -0.1) is 0 Å². The predicted molar refractivity (Wildman–Crippen MR) is 132 cm³/mol. The highest BCUT2D eigenvalue weighted by molar-refractivity contribution is 6.35. The van der Waals surface area contributed by atoms with Gasteiger partial charge in [-0.05, 0) is 51.1 Å². The highest BCUT2D eigenvalue weighted by Crippen LogP contribution is 2.31. The standard InChI is InChI=1S/C24H22Cl2N6O/c1-12-4-5-13(2)32(12)24(33)16-10-20-17(9-18(16)26)23(28-11-27-20)29-14(3)22-30-19-7-6-15(25)8-21(19)31-22/h4-14H,1-3H3,(H,30,31)(H,27,28,29). The molecule has 168 valence electrons. The highest BCUT2D eigenvalue weighted by Gasteiger charge is 2.29. The van der Waals surface area contributed by atoms with Crippen LogP contribution in [0.15, 0.2) is 48.8 Å². The highest BCUT2D eigenvalue weighted by atomic mass is 35.5. The van der Waals surface area contributed by atoms with Crippen LogP contribution in [0.1, 0.15) is 43.0 Å². The lowest BCUT2D eigenvalue weighted by atomic mass is 10.1. The number of carbonyl (C=O) groups is 1. The number of amides is 1. The SMILES string of the molecule is CC(Nc1ncnc2cc(C(=O)N3C(C)C=CC3C)c(Cl)cc12)c1nc2cc(Cl)ccc2[nH]1. The molecule has 0 spiro atoms. The van der Waals surface area contributed by atoms with Crippen molar-refractivity contribution in [3.8, 4) is 0 Å². The molecule has 2 aromatic heterocycles. The minimum absolute atomic E-state index is 0.0152. The van der Waals surface area contributed by atoms with Gasteiger partial charge in [-0.2, -0.15) is 0 Å². The number of aromatic amines is 1. The van der Waals surface area contributed by atoms with E-state index in [0.29, 0.717) is 26.9 Å². The van der Waals surface area contributed by atoms with Crippen LogP contribution in [0.5, 0.6) is 0 Å². The average Bonchev–Trinajstić information content (AvgIpc) is 3.35. The normalized spacial score (nSPS) is 18.9. The molecule has 33 heavy (non-hydrogen) atoms.